The Bertz CT molecular complexity index is 1420. The average molecular weight is 657 g/mol. The lowest BCUT2D eigenvalue weighted by molar-refractivity contribution is -0.273. The Kier molecular flexibility index (Phi) is 8.30. The molecule has 47 heavy (non-hydrogen) atoms. The monoisotopic (exact) mass is 656 g/mol. The molecule has 0 radical (unpaired) electrons. The zero-order valence-corrected chi connectivity index (χ0v) is 29.3. The maximum Gasteiger partial charge on any atom is 0.331 e. The van der Waals surface area contributed by atoms with Crippen LogP contribution in [0.1, 0.15) is 88.0 Å². The largest absolute Gasteiger partial charge is 0.465 e. The number of rotatable bonds is 6. The van der Waals surface area contributed by atoms with Crippen LogP contribution in [-0.4, -0.2) is 72.7 Å². The van der Waals surface area contributed by atoms with Gasteiger partial charge in [0.1, 0.15) is 18.3 Å². The van der Waals surface area contributed by atoms with Crippen molar-refractivity contribution in [3.8, 4) is 0 Å². The summed E-state index contributed by atoms with van der Waals surface area (Å²) in [6, 6.07) is 0. The Morgan fingerprint density at radius 3 is 2.23 bits per heavy atom. The van der Waals surface area contributed by atoms with E-state index in [4.69, 9.17) is 23.7 Å². The van der Waals surface area contributed by atoms with Crippen molar-refractivity contribution in [3.05, 3.63) is 23.3 Å². The van der Waals surface area contributed by atoms with Gasteiger partial charge in [0.25, 0.3) is 0 Å². The van der Waals surface area contributed by atoms with Crippen LogP contribution < -0.4 is 0 Å². The molecular weight excluding hydrogens is 604 g/mol. The fourth-order valence-electron chi connectivity index (χ4n) is 11.4. The number of hydrogen-bond donors (Lipinski definition) is 1. The smallest absolute Gasteiger partial charge is 0.331 e. The van der Waals surface area contributed by atoms with E-state index in [9.17, 15) is 24.3 Å². The van der Waals surface area contributed by atoms with E-state index in [2.05, 4.69) is 26.8 Å². The summed E-state index contributed by atoms with van der Waals surface area (Å²) in [6.07, 6.45) is 2.00. The molecule has 1 N–H and O–H groups in total. The fraction of sp³-hybridized carbons (Fsp3) is 0.784. The van der Waals surface area contributed by atoms with Gasteiger partial charge in [0.05, 0.1) is 31.8 Å². The first-order chi connectivity index (χ1) is 21.9. The summed E-state index contributed by atoms with van der Waals surface area (Å²) in [5.41, 5.74) is -1.05. The zero-order valence-electron chi connectivity index (χ0n) is 29.3. The van der Waals surface area contributed by atoms with Crippen LogP contribution in [0.15, 0.2) is 23.3 Å². The molecule has 6 aliphatic rings. The lowest BCUT2D eigenvalue weighted by atomic mass is 9.35. The van der Waals surface area contributed by atoms with Gasteiger partial charge in [-0.25, -0.2) is 4.79 Å². The molecular formula is C37H52O10. The van der Waals surface area contributed by atoms with Gasteiger partial charge in [-0.15, -0.1) is 0 Å². The topological polar surface area (TPSA) is 135 Å². The fourth-order valence-corrected chi connectivity index (χ4v) is 11.4. The van der Waals surface area contributed by atoms with E-state index in [1.54, 1.807) is 6.08 Å². The number of fused-ring (bicyclic) bond motifs is 4. The highest BCUT2D eigenvalue weighted by Crippen LogP contribution is 2.76. The molecule has 3 saturated carbocycles. The standard InChI is InChI=1S/C37H52O10/c1-18(2)19(3)12-30(42)47-33-31-32-34(6,17-44-31)26(40)15-28(46-21(5)39)37(32,9)25-14-27(45-20(4)38)35(7)23(22-13-29(41)43-16-22)10-11-24(35)36(25,33)8/h11-12,18,22-23,25-28,31-33,40H,10,13-17H2,1-9H3/b19-12+/t22-,23-,25-,26+,27-,28-,31+,32-,33+,34+,35-,36-,37-/m0/s1. The normalized spacial score (nSPS) is 47.0. The third kappa shape index (κ3) is 4.85. The maximum atomic E-state index is 13.8. The Hall–Kier alpha value is -2.72. The maximum absolute atomic E-state index is 13.8. The molecule has 2 saturated heterocycles. The highest BCUT2D eigenvalue weighted by molar-refractivity contribution is 5.83. The average Bonchev–Trinajstić information content (AvgIpc) is 3.67. The van der Waals surface area contributed by atoms with Crippen LogP contribution in [-0.2, 0) is 42.9 Å². The molecule has 10 nitrogen and oxygen atoms in total. The minimum Gasteiger partial charge on any atom is -0.465 e. The highest BCUT2D eigenvalue weighted by Gasteiger charge is 2.79. The minimum absolute atomic E-state index is 0.0526. The molecule has 13 atom stereocenters. The molecule has 0 spiro atoms. The summed E-state index contributed by atoms with van der Waals surface area (Å²) < 4.78 is 31.1. The van der Waals surface area contributed by atoms with Crippen LogP contribution in [0, 0.1) is 51.2 Å². The number of aliphatic hydroxyl groups excluding tert-OH is 1. The number of esters is 4. The lowest BCUT2D eigenvalue weighted by Crippen LogP contribution is -2.74. The van der Waals surface area contributed by atoms with Crippen molar-refractivity contribution < 1.29 is 48.0 Å². The van der Waals surface area contributed by atoms with E-state index in [-0.39, 0.29) is 48.6 Å². The predicted molar refractivity (Wildman–Crippen MR) is 169 cm³/mol. The summed E-state index contributed by atoms with van der Waals surface area (Å²) in [7, 11) is 0. The molecule has 5 fully saturated rings. The van der Waals surface area contributed by atoms with Crippen LogP contribution >= 0.6 is 0 Å². The van der Waals surface area contributed by atoms with E-state index >= 15 is 0 Å². The first-order valence-corrected chi connectivity index (χ1v) is 17.3. The Morgan fingerprint density at radius 2 is 1.64 bits per heavy atom. The van der Waals surface area contributed by atoms with Crippen molar-refractivity contribution in [1.82, 2.24) is 0 Å². The Morgan fingerprint density at radius 1 is 0.979 bits per heavy atom. The third-order valence-electron chi connectivity index (χ3n) is 13.7. The molecule has 0 unspecified atom stereocenters. The van der Waals surface area contributed by atoms with Gasteiger partial charge >= 0.3 is 23.9 Å². The molecule has 2 aliphatic heterocycles. The molecule has 0 bridgehead atoms. The summed E-state index contributed by atoms with van der Waals surface area (Å²) in [5, 5.41) is 11.6. The van der Waals surface area contributed by atoms with Crippen molar-refractivity contribution in [1.29, 1.82) is 0 Å². The summed E-state index contributed by atoms with van der Waals surface area (Å²) in [5.74, 6) is -2.12. The summed E-state index contributed by atoms with van der Waals surface area (Å²) in [4.78, 5) is 51.5. The molecule has 0 aromatic rings. The predicted octanol–water partition coefficient (Wildman–Crippen LogP) is 4.71. The zero-order chi connectivity index (χ0) is 34.4. The second-order valence-corrected chi connectivity index (χ2v) is 16.4. The van der Waals surface area contributed by atoms with Gasteiger partial charge in [0, 0.05) is 59.8 Å². The molecule has 2 heterocycles. The number of allylic oxidation sites excluding steroid dienone is 2. The van der Waals surface area contributed by atoms with E-state index in [1.807, 2.05) is 27.7 Å². The molecule has 10 heteroatoms. The molecule has 0 aromatic carbocycles. The Labute approximate surface area is 277 Å². The van der Waals surface area contributed by atoms with Crippen LogP contribution in [0.25, 0.3) is 0 Å². The van der Waals surface area contributed by atoms with Gasteiger partial charge in [0.15, 0.2) is 0 Å². The second kappa shape index (κ2) is 11.4. The van der Waals surface area contributed by atoms with Crippen molar-refractivity contribution in [2.45, 2.75) is 119 Å². The third-order valence-corrected chi connectivity index (χ3v) is 13.7. The first-order valence-electron chi connectivity index (χ1n) is 17.3. The van der Waals surface area contributed by atoms with Crippen LogP contribution in [0.4, 0.5) is 0 Å². The number of carbonyl (C=O) groups is 4. The number of ether oxygens (including phenoxy) is 5. The summed E-state index contributed by atoms with van der Waals surface area (Å²) >= 11 is 0. The van der Waals surface area contributed by atoms with Crippen molar-refractivity contribution >= 4 is 23.9 Å². The molecule has 6 rings (SSSR count). The van der Waals surface area contributed by atoms with Crippen molar-refractivity contribution in [2.75, 3.05) is 13.2 Å². The van der Waals surface area contributed by atoms with Gasteiger partial charge in [-0.2, -0.15) is 0 Å². The molecule has 260 valence electrons. The first kappa shape index (κ1) is 34.2. The van der Waals surface area contributed by atoms with Gasteiger partial charge < -0.3 is 28.8 Å². The van der Waals surface area contributed by atoms with Gasteiger partial charge in [-0.1, -0.05) is 58.8 Å². The second-order valence-electron chi connectivity index (χ2n) is 16.4. The number of hydrogen-bond acceptors (Lipinski definition) is 10. The molecule has 0 aromatic heterocycles. The van der Waals surface area contributed by atoms with Crippen LogP contribution in [0.2, 0.25) is 0 Å². The van der Waals surface area contributed by atoms with E-state index in [0.717, 1.165) is 11.1 Å². The SMILES string of the molecule is CC(=O)O[C@H]1C[C@H]2[C@](C)(C3=CC[C@@H]([C@@H]4COC(=O)C4)[C@@]31C)[C@H](OC(=O)/C=C(\C)C(C)C)[C@@H]1OC[C@]3(C)[C@H](O)C[C@H](OC(C)=O)[C@@]2(C)[C@@H]13. The van der Waals surface area contributed by atoms with Gasteiger partial charge in [-0.05, 0) is 37.5 Å². The molecule has 4 aliphatic carbocycles. The van der Waals surface area contributed by atoms with Crippen molar-refractivity contribution in [3.63, 3.8) is 0 Å². The van der Waals surface area contributed by atoms with E-state index in [1.165, 1.54) is 13.8 Å². The van der Waals surface area contributed by atoms with E-state index in [0.29, 0.717) is 25.9 Å². The van der Waals surface area contributed by atoms with Crippen molar-refractivity contribution in [2.24, 2.45) is 51.2 Å². The van der Waals surface area contributed by atoms with E-state index < -0.39 is 70.1 Å². The minimum atomic E-state index is -0.833. The number of cyclic esters (lactones) is 1. The number of aliphatic hydroxyl groups is 1. The Balaban J connectivity index is 1.56. The van der Waals surface area contributed by atoms with Gasteiger partial charge in [-0.3, -0.25) is 14.4 Å². The lowest BCUT2D eigenvalue weighted by Gasteiger charge is -2.70. The van der Waals surface area contributed by atoms with Gasteiger partial charge in [0.2, 0.25) is 0 Å². The quantitative estimate of drug-likeness (QED) is 0.185. The highest BCUT2D eigenvalue weighted by atomic mass is 16.6. The summed E-state index contributed by atoms with van der Waals surface area (Å²) in [6.45, 7) is 17.7. The number of carbonyl (C=O) groups excluding carboxylic acids is 4. The molecule has 0 amide bonds. The van der Waals surface area contributed by atoms with Crippen LogP contribution in [0.3, 0.4) is 0 Å². The van der Waals surface area contributed by atoms with Crippen LogP contribution in [0.5, 0.6) is 0 Å².